The summed E-state index contributed by atoms with van der Waals surface area (Å²) in [4.78, 5) is 0.0462. The van der Waals surface area contributed by atoms with Crippen molar-refractivity contribution in [1.29, 1.82) is 0 Å². The molecule has 0 aliphatic heterocycles. The smallest absolute Gasteiger partial charge is 0.243 e. The fraction of sp³-hybridized carbons (Fsp3) is 0.538. The molecule has 120 valence electrons. The number of nitrogen functional groups attached to an aromatic ring is 1. The van der Waals surface area contributed by atoms with Crippen LogP contribution in [0.1, 0.15) is 26.2 Å². The van der Waals surface area contributed by atoms with Crippen molar-refractivity contribution >= 4 is 47.6 Å². The molecule has 1 atom stereocenters. The summed E-state index contributed by atoms with van der Waals surface area (Å²) in [5, 5.41) is 9.02. The standard InChI is InChI=1S/C13H20Br2N2O3S/c1-2-3-9(4-5-18)8-17-21(19,20)13-11(15)6-10(14)7-12(13)16/h6-7,9,17-18H,2-5,8,16H2,1H3. The van der Waals surface area contributed by atoms with Crippen LogP contribution in [0.3, 0.4) is 0 Å². The first-order valence-corrected chi connectivity index (χ1v) is 9.73. The molecule has 1 rings (SSSR count). The Kier molecular flexibility index (Phi) is 7.63. The molecule has 0 aromatic heterocycles. The van der Waals surface area contributed by atoms with E-state index in [2.05, 4.69) is 36.6 Å². The van der Waals surface area contributed by atoms with E-state index in [1.54, 1.807) is 12.1 Å². The Hall–Kier alpha value is -0.150. The van der Waals surface area contributed by atoms with Gasteiger partial charge in [-0.3, -0.25) is 0 Å². The summed E-state index contributed by atoms with van der Waals surface area (Å²) in [6, 6.07) is 3.19. The average Bonchev–Trinajstić information content (AvgIpc) is 2.35. The molecule has 0 saturated carbocycles. The van der Waals surface area contributed by atoms with E-state index >= 15 is 0 Å². The van der Waals surface area contributed by atoms with Crippen LogP contribution in [0, 0.1) is 5.92 Å². The zero-order valence-corrected chi connectivity index (χ0v) is 15.8. The fourth-order valence-electron chi connectivity index (χ4n) is 2.10. The lowest BCUT2D eigenvalue weighted by Crippen LogP contribution is -2.30. The number of aliphatic hydroxyl groups excluding tert-OH is 1. The largest absolute Gasteiger partial charge is 0.398 e. The molecule has 0 radical (unpaired) electrons. The van der Waals surface area contributed by atoms with Crippen molar-refractivity contribution in [3.05, 3.63) is 21.1 Å². The number of anilines is 1. The molecule has 1 aromatic carbocycles. The second-order valence-electron chi connectivity index (χ2n) is 4.82. The van der Waals surface area contributed by atoms with Gasteiger partial charge in [-0.15, -0.1) is 0 Å². The number of hydrogen-bond donors (Lipinski definition) is 3. The van der Waals surface area contributed by atoms with Gasteiger partial charge in [0.15, 0.2) is 0 Å². The van der Waals surface area contributed by atoms with Gasteiger partial charge in [0.05, 0.1) is 5.69 Å². The van der Waals surface area contributed by atoms with Crippen LogP contribution in [0.25, 0.3) is 0 Å². The van der Waals surface area contributed by atoms with Crippen LogP contribution in [0.5, 0.6) is 0 Å². The first kappa shape index (κ1) is 18.9. The van der Waals surface area contributed by atoms with Gasteiger partial charge in [-0.25, -0.2) is 13.1 Å². The second kappa shape index (κ2) is 8.47. The number of benzene rings is 1. The summed E-state index contributed by atoms with van der Waals surface area (Å²) in [5.74, 6) is 0.116. The molecule has 0 aliphatic carbocycles. The summed E-state index contributed by atoms with van der Waals surface area (Å²) in [6.45, 7) is 2.37. The van der Waals surface area contributed by atoms with Gasteiger partial charge < -0.3 is 10.8 Å². The Morgan fingerprint density at radius 2 is 2.00 bits per heavy atom. The van der Waals surface area contributed by atoms with Crippen LogP contribution < -0.4 is 10.5 Å². The maximum atomic E-state index is 12.4. The van der Waals surface area contributed by atoms with E-state index in [0.717, 1.165) is 12.8 Å². The minimum absolute atomic E-state index is 0.0462. The summed E-state index contributed by atoms with van der Waals surface area (Å²) < 4.78 is 28.5. The maximum absolute atomic E-state index is 12.4. The lowest BCUT2D eigenvalue weighted by Gasteiger charge is -2.17. The normalized spacial score (nSPS) is 13.3. The number of nitrogens with one attached hydrogen (secondary N) is 1. The molecule has 0 saturated heterocycles. The van der Waals surface area contributed by atoms with Crippen molar-refractivity contribution in [2.75, 3.05) is 18.9 Å². The van der Waals surface area contributed by atoms with Crippen LogP contribution in [-0.2, 0) is 10.0 Å². The number of aliphatic hydroxyl groups is 1. The lowest BCUT2D eigenvalue weighted by molar-refractivity contribution is 0.251. The lowest BCUT2D eigenvalue weighted by atomic mass is 10.0. The van der Waals surface area contributed by atoms with Crippen LogP contribution in [0.4, 0.5) is 5.69 Å². The third-order valence-electron chi connectivity index (χ3n) is 3.10. The van der Waals surface area contributed by atoms with Gasteiger partial charge in [0, 0.05) is 22.1 Å². The highest BCUT2D eigenvalue weighted by Gasteiger charge is 2.22. The molecule has 0 aliphatic rings. The summed E-state index contributed by atoms with van der Waals surface area (Å²) in [5.41, 5.74) is 5.99. The molecule has 4 N–H and O–H groups in total. The van der Waals surface area contributed by atoms with E-state index in [4.69, 9.17) is 10.8 Å². The minimum atomic E-state index is -3.69. The van der Waals surface area contributed by atoms with Gasteiger partial charge in [-0.1, -0.05) is 29.3 Å². The summed E-state index contributed by atoms with van der Waals surface area (Å²) >= 11 is 6.50. The van der Waals surface area contributed by atoms with Gasteiger partial charge in [0.25, 0.3) is 0 Å². The van der Waals surface area contributed by atoms with Gasteiger partial charge in [-0.2, -0.15) is 0 Å². The van der Waals surface area contributed by atoms with Crippen LogP contribution >= 0.6 is 31.9 Å². The molecule has 0 bridgehead atoms. The van der Waals surface area contributed by atoms with Crippen molar-refractivity contribution in [2.45, 2.75) is 31.1 Å². The summed E-state index contributed by atoms with van der Waals surface area (Å²) in [6.07, 6.45) is 2.38. The van der Waals surface area contributed by atoms with Gasteiger partial charge >= 0.3 is 0 Å². The van der Waals surface area contributed by atoms with E-state index in [1.165, 1.54) is 0 Å². The topological polar surface area (TPSA) is 92.4 Å². The van der Waals surface area contributed by atoms with E-state index in [1.807, 2.05) is 6.92 Å². The SMILES string of the molecule is CCCC(CCO)CNS(=O)(=O)c1c(N)cc(Br)cc1Br. The zero-order valence-electron chi connectivity index (χ0n) is 11.8. The Bertz CT molecular complexity index is 550. The van der Waals surface area contributed by atoms with E-state index < -0.39 is 10.0 Å². The Morgan fingerprint density at radius 3 is 2.52 bits per heavy atom. The summed E-state index contributed by atoms with van der Waals surface area (Å²) in [7, 11) is -3.69. The Morgan fingerprint density at radius 1 is 1.33 bits per heavy atom. The van der Waals surface area contributed by atoms with Crippen molar-refractivity contribution in [1.82, 2.24) is 4.72 Å². The molecular weight excluding hydrogens is 424 g/mol. The molecule has 5 nitrogen and oxygen atoms in total. The highest BCUT2D eigenvalue weighted by Crippen LogP contribution is 2.31. The van der Waals surface area contributed by atoms with Crippen LogP contribution in [-0.4, -0.2) is 26.7 Å². The molecule has 21 heavy (non-hydrogen) atoms. The Balaban J connectivity index is 2.92. The number of sulfonamides is 1. The van der Waals surface area contributed by atoms with E-state index in [-0.39, 0.29) is 23.1 Å². The number of rotatable bonds is 8. The molecular formula is C13H20Br2N2O3S. The second-order valence-corrected chi connectivity index (χ2v) is 8.30. The number of hydrogen-bond acceptors (Lipinski definition) is 4. The molecule has 0 spiro atoms. The van der Waals surface area contributed by atoms with Crippen molar-refractivity contribution in [3.8, 4) is 0 Å². The van der Waals surface area contributed by atoms with Gasteiger partial charge in [0.2, 0.25) is 10.0 Å². The highest BCUT2D eigenvalue weighted by atomic mass is 79.9. The minimum Gasteiger partial charge on any atom is -0.398 e. The molecule has 8 heteroatoms. The quantitative estimate of drug-likeness (QED) is 0.538. The first-order chi connectivity index (χ1) is 9.81. The molecule has 0 heterocycles. The van der Waals surface area contributed by atoms with E-state index in [0.29, 0.717) is 21.9 Å². The maximum Gasteiger partial charge on any atom is 0.243 e. The predicted molar refractivity (Wildman–Crippen MR) is 91.5 cm³/mol. The van der Waals surface area contributed by atoms with Gasteiger partial charge in [0.1, 0.15) is 4.90 Å². The van der Waals surface area contributed by atoms with Crippen molar-refractivity contribution in [2.24, 2.45) is 5.92 Å². The van der Waals surface area contributed by atoms with E-state index in [9.17, 15) is 8.42 Å². The predicted octanol–water partition coefficient (Wildman–Crippen LogP) is 2.87. The zero-order chi connectivity index (χ0) is 16.0. The molecule has 0 fully saturated rings. The van der Waals surface area contributed by atoms with Crippen molar-refractivity contribution in [3.63, 3.8) is 0 Å². The van der Waals surface area contributed by atoms with Crippen LogP contribution in [0.2, 0.25) is 0 Å². The number of halogens is 2. The average molecular weight is 444 g/mol. The third kappa shape index (κ3) is 5.52. The van der Waals surface area contributed by atoms with Gasteiger partial charge in [-0.05, 0) is 46.8 Å². The van der Waals surface area contributed by atoms with Crippen molar-refractivity contribution < 1.29 is 13.5 Å². The Labute approximate surface area is 142 Å². The van der Waals surface area contributed by atoms with Crippen LogP contribution in [0.15, 0.2) is 26.0 Å². The first-order valence-electron chi connectivity index (χ1n) is 6.66. The number of nitrogens with two attached hydrogens (primary N) is 1. The molecule has 0 amide bonds. The monoisotopic (exact) mass is 442 g/mol. The fourth-order valence-corrected chi connectivity index (χ4v) is 5.28. The molecule has 1 aromatic rings. The third-order valence-corrected chi connectivity index (χ3v) is 5.99. The highest BCUT2D eigenvalue weighted by molar-refractivity contribution is 9.11. The molecule has 1 unspecified atom stereocenters.